The fourth-order valence-corrected chi connectivity index (χ4v) is 11.6. The molecule has 86 heavy (non-hydrogen) atoms. The molecule has 0 saturated heterocycles. The van der Waals surface area contributed by atoms with Crippen molar-refractivity contribution >= 4 is 39.5 Å². The number of rotatable bonds is 65. The van der Waals surface area contributed by atoms with Crippen LogP contribution in [0.5, 0.6) is 0 Å². The van der Waals surface area contributed by atoms with Crippen molar-refractivity contribution in [3.63, 3.8) is 0 Å². The van der Waals surface area contributed by atoms with Gasteiger partial charge in [-0.05, 0) is 43.4 Å². The van der Waals surface area contributed by atoms with E-state index in [1.165, 1.54) is 141 Å². The third-order valence-electron chi connectivity index (χ3n) is 15.4. The molecular weight excluding hydrogens is 1140 g/mol. The molecule has 0 spiro atoms. The van der Waals surface area contributed by atoms with Crippen LogP contribution in [0.3, 0.4) is 0 Å². The molecule has 3 N–H and O–H groups in total. The highest BCUT2D eigenvalue weighted by molar-refractivity contribution is 7.47. The number of phosphoric ester groups is 2. The van der Waals surface area contributed by atoms with Crippen molar-refractivity contribution < 1.29 is 80.2 Å². The summed E-state index contributed by atoms with van der Waals surface area (Å²) in [5.41, 5.74) is 0. The Labute approximate surface area is 524 Å². The molecule has 0 aromatic carbocycles. The smallest absolute Gasteiger partial charge is 0.462 e. The lowest BCUT2D eigenvalue weighted by Gasteiger charge is -2.21. The van der Waals surface area contributed by atoms with Gasteiger partial charge in [-0.25, -0.2) is 9.13 Å². The average Bonchev–Trinajstić information content (AvgIpc) is 3.56. The van der Waals surface area contributed by atoms with E-state index in [1.54, 1.807) is 0 Å². The SMILES string of the molecule is CCCCCCCCCCCCCC(=O)OC[C@H](COP(=O)(O)OC[C@H](O)COP(=O)(O)OC[C@@H](COC(=O)CCCCCCCCCCC(C)C)OC(=O)CCCCCCCCCCCCC(C)C)OC(=O)CCCCCCCCCCC(C)C. The topological polar surface area (TPSA) is 237 Å². The molecule has 510 valence electrons. The zero-order valence-electron chi connectivity index (χ0n) is 55.8. The second-order valence-electron chi connectivity index (χ2n) is 25.6. The molecule has 2 unspecified atom stereocenters. The number of hydrogen-bond donors (Lipinski definition) is 3. The molecule has 0 heterocycles. The Hall–Kier alpha value is -1.94. The van der Waals surface area contributed by atoms with E-state index in [9.17, 15) is 43.2 Å². The molecule has 0 amide bonds. The first-order chi connectivity index (χ1) is 41.2. The van der Waals surface area contributed by atoms with Gasteiger partial charge in [-0.1, -0.05) is 280 Å². The Balaban J connectivity index is 5.26. The standard InChI is InChI=1S/C67H130O17P2/c1-8-9-10-11-12-13-14-18-27-34-41-48-64(69)77-54-63(84-67(72)51-44-37-30-23-21-26-33-40-47-60(6)7)57-82-86(75,76)80-53-61(68)52-79-85(73,74)81-56-62(55-78-65(70)49-42-35-28-22-20-25-32-39-46-59(4)5)83-66(71)50-43-36-29-19-16-15-17-24-31-38-45-58(2)3/h58-63,68H,8-57H2,1-7H3,(H,73,74)(H,75,76)/t61-,62-,63-/m1/s1. The van der Waals surface area contributed by atoms with Crippen molar-refractivity contribution in [3.8, 4) is 0 Å². The summed E-state index contributed by atoms with van der Waals surface area (Å²) in [4.78, 5) is 72.4. The van der Waals surface area contributed by atoms with Crippen LogP contribution < -0.4 is 0 Å². The van der Waals surface area contributed by atoms with Crippen molar-refractivity contribution in [1.29, 1.82) is 0 Å². The quantitative estimate of drug-likeness (QED) is 0.0222. The van der Waals surface area contributed by atoms with Gasteiger partial charge < -0.3 is 33.8 Å². The highest BCUT2D eigenvalue weighted by atomic mass is 31.2. The van der Waals surface area contributed by atoms with Crippen LogP contribution in [0.25, 0.3) is 0 Å². The van der Waals surface area contributed by atoms with Crippen LogP contribution in [-0.4, -0.2) is 96.7 Å². The summed E-state index contributed by atoms with van der Waals surface area (Å²) in [6.07, 6.45) is 40.3. The van der Waals surface area contributed by atoms with E-state index in [2.05, 4.69) is 48.5 Å². The molecule has 0 aromatic heterocycles. The Bertz CT molecular complexity index is 1700. The van der Waals surface area contributed by atoms with Gasteiger partial charge in [0.1, 0.15) is 19.3 Å². The Morgan fingerprint density at radius 3 is 0.791 bits per heavy atom. The first-order valence-electron chi connectivity index (χ1n) is 34.8. The number of unbranched alkanes of at least 4 members (excludes halogenated alkanes) is 33. The summed E-state index contributed by atoms with van der Waals surface area (Å²) in [7, 11) is -9.89. The molecule has 5 atom stereocenters. The van der Waals surface area contributed by atoms with Crippen LogP contribution in [0.15, 0.2) is 0 Å². The highest BCUT2D eigenvalue weighted by Gasteiger charge is 2.30. The van der Waals surface area contributed by atoms with Crippen LogP contribution in [0, 0.1) is 17.8 Å². The number of aliphatic hydroxyl groups is 1. The summed E-state index contributed by atoms with van der Waals surface area (Å²) in [6, 6.07) is 0. The number of hydrogen-bond acceptors (Lipinski definition) is 15. The summed E-state index contributed by atoms with van der Waals surface area (Å²) in [6.45, 7) is 11.7. The lowest BCUT2D eigenvalue weighted by molar-refractivity contribution is -0.161. The third-order valence-corrected chi connectivity index (χ3v) is 17.3. The molecule has 0 fully saturated rings. The molecular formula is C67H130O17P2. The minimum absolute atomic E-state index is 0.104. The second-order valence-corrected chi connectivity index (χ2v) is 28.5. The van der Waals surface area contributed by atoms with Gasteiger partial charge in [0.15, 0.2) is 12.2 Å². The molecule has 0 aliphatic carbocycles. The van der Waals surface area contributed by atoms with Crippen LogP contribution in [0.4, 0.5) is 0 Å². The van der Waals surface area contributed by atoms with Crippen molar-refractivity contribution in [2.45, 2.75) is 349 Å². The summed E-state index contributed by atoms with van der Waals surface area (Å²) < 4.78 is 68.1. The average molecular weight is 1270 g/mol. The van der Waals surface area contributed by atoms with Gasteiger partial charge in [0.05, 0.1) is 26.4 Å². The number of phosphoric acid groups is 2. The second kappa shape index (κ2) is 58.2. The fraction of sp³-hybridized carbons (Fsp3) is 0.940. The van der Waals surface area contributed by atoms with Gasteiger partial charge in [-0.2, -0.15) is 0 Å². The van der Waals surface area contributed by atoms with Crippen molar-refractivity contribution in [3.05, 3.63) is 0 Å². The third kappa shape index (κ3) is 60.9. The fourth-order valence-electron chi connectivity index (χ4n) is 10.0. The van der Waals surface area contributed by atoms with Gasteiger partial charge in [0.2, 0.25) is 0 Å². The summed E-state index contributed by atoms with van der Waals surface area (Å²) in [5.74, 6) is 0.0645. The molecule has 0 rings (SSSR count). The van der Waals surface area contributed by atoms with Crippen LogP contribution in [-0.2, 0) is 65.4 Å². The van der Waals surface area contributed by atoms with Gasteiger partial charge in [-0.3, -0.25) is 37.3 Å². The summed E-state index contributed by atoms with van der Waals surface area (Å²) in [5, 5.41) is 10.6. The molecule has 0 saturated carbocycles. The van der Waals surface area contributed by atoms with Crippen LogP contribution in [0.2, 0.25) is 0 Å². The van der Waals surface area contributed by atoms with Gasteiger partial charge in [0.25, 0.3) is 0 Å². The molecule has 19 heteroatoms. The van der Waals surface area contributed by atoms with Gasteiger partial charge in [-0.15, -0.1) is 0 Å². The molecule has 0 aliphatic heterocycles. The monoisotopic (exact) mass is 1270 g/mol. The van der Waals surface area contributed by atoms with Crippen LogP contribution >= 0.6 is 15.6 Å². The van der Waals surface area contributed by atoms with Crippen molar-refractivity contribution in [2.75, 3.05) is 39.6 Å². The maximum Gasteiger partial charge on any atom is 0.472 e. The van der Waals surface area contributed by atoms with E-state index in [4.69, 9.17) is 37.0 Å². The molecule has 0 aromatic rings. The largest absolute Gasteiger partial charge is 0.472 e. The normalized spacial score (nSPS) is 14.3. The summed E-state index contributed by atoms with van der Waals surface area (Å²) >= 11 is 0. The van der Waals surface area contributed by atoms with E-state index in [0.717, 1.165) is 108 Å². The van der Waals surface area contributed by atoms with Gasteiger partial charge >= 0.3 is 39.5 Å². The van der Waals surface area contributed by atoms with Crippen molar-refractivity contribution in [2.24, 2.45) is 17.8 Å². The Kier molecular flexibility index (Phi) is 56.9. The van der Waals surface area contributed by atoms with Crippen molar-refractivity contribution in [1.82, 2.24) is 0 Å². The zero-order valence-corrected chi connectivity index (χ0v) is 57.6. The van der Waals surface area contributed by atoms with E-state index >= 15 is 0 Å². The number of ether oxygens (including phenoxy) is 4. The predicted molar refractivity (Wildman–Crippen MR) is 344 cm³/mol. The maximum absolute atomic E-state index is 13.0. The van der Waals surface area contributed by atoms with Gasteiger partial charge in [0, 0.05) is 25.7 Å². The lowest BCUT2D eigenvalue weighted by atomic mass is 10.0. The predicted octanol–water partition coefficient (Wildman–Crippen LogP) is 18.7. The van der Waals surface area contributed by atoms with E-state index in [0.29, 0.717) is 25.7 Å². The minimum Gasteiger partial charge on any atom is -0.462 e. The Morgan fingerprint density at radius 2 is 0.535 bits per heavy atom. The number of carbonyl (C=O) groups is 4. The molecule has 0 radical (unpaired) electrons. The molecule has 0 bridgehead atoms. The lowest BCUT2D eigenvalue weighted by Crippen LogP contribution is -2.30. The number of carbonyl (C=O) groups excluding carboxylic acids is 4. The highest BCUT2D eigenvalue weighted by Crippen LogP contribution is 2.45. The molecule has 0 aliphatic rings. The first kappa shape index (κ1) is 84.1. The van der Waals surface area contributed by atoms with Crippen LogP contribution in [0.1, 0.15) is 331 Å². The minimum atomic E-state index is -4.95. The number of aliphatic hydroxyl groups excluding tert-OH is 1. The maximum atomic E-state index is 13.0. The molecule has 17 nitrogen and oxygen atoms in total. The Morgan fingerprint density at radius 1 is 0.314 bits per heavy atom. The number of esters is 4. The first-order valence-corrected chi connectivity index (χ1v) is 37.8. The van der Waals surface area contributed by atoms with E-state index < -0.39 is 97.5 Å². The zero-order chi connectivity index (χ0) is 63.8. The van der Waals surface area contributed by atoms with E-state index in [1.807, 2.05) is 0 Å². The van der Waals surface area contributed by atoms with E-state index in [-0.39, 0.29) is 25.7 Å².